The molecule has 0 radical (unpaired) electrons. The second-order valence-electron chi connectivity index (χ2n) is 7.57. The van der Waals surface area contributed by atoms with Gasteiger partial charge in [0.05, 0.1) is 18.3 Å². The Morgan fingerprint density at radius 3 is 2.45 bits per heavy atom. The van der Waals surface area contributed by atoms with Crippen molar-refractivity contribution in [3.8, 4) is 17.0 Å². The Kier molecular flexibility index (Phi) is 5.91. The summed E-state index contributed by atoms with van der Waals surface area (Å²) in [7, 11) is 1.39. The fourth-order valence-electron chi connectivity index (χ4n) is 3.99. The molecule has 0 saturated heterocycles. The zero-order valence-corrected chi connectivity index (χ0v) is 18.9. The lowest BCUT2D eigenvalue weighted by Crippen LogP contribution is -2.33. The molecule has 0 aliphatic rings. The Morgan fingerprint density at radius 1 is 1.09 bits per heavy atom. The van der Waals surface area contributed by atoms with Crippen molar-refractivity contribution in [3.63, 3.8) is 0 Å². The van der Waals surface area contributed by atoms with Gasteiger partial charge in [0.25, 0.3) is 0 Å². The third-order valence-electron chi connectivity index (χ3n) is 5.30. The Hall–Kier alpha value is -3.71. The van der Waals surface area contributed by atoms with Crippen LogP contribution < -0.4 is 15.4 Å². The molecule has 4 rings (SSSR count). The van der Waals surface area contributed by atoms with Gasteiger partial charge in [-0.25, -0.2) is 18.6 Å². The van der Waals surface area contributed by atoms with Gasteiger partial charge < -0.3 is 10.5 Å². The summed E-state index contributed by atoms with van der Waals surface area (Å²) in [5.41, 5.74) is 9.08. The molecule has 0 fully saturated rings. The van der Waals surface area contributed by atoms with Crippen molar-refractivity contribution in [3.05, 3.63) is 82.4 Å². The number of hydrogen-bond acceptors (Lipinski definition) is 3. The number of carbonyl (C=O) groups is 1. The fraction of sp³-hybridized carbons (Fsp3) is 0.120. The first kappa shape index (κ1) is 22.5. The molecule has 0 bridgehead atoms. The molecule has 0 aliphatic heterocycles. The van der Waals surface area contributed by atoms with Crippen molar-refractivity contribution >= 4 is 39.9 Å². The number of nitrogens with zero attached hydrogens (tertiary/aromatic N) is 2. The smallest absolute Gasteiger partial charge is 0.324 e. The number of anilines is 2. The Morgan fingerprint density at radius 2 is 1.82 bits per heavy atom. The van der Waals surface area contributed by atoms with Crippen LogP contribution >= 0.6 is 11.6 Å². The van der Waals surface area contributed by atoms with Crippen LogP contribution in [0.15, 0.2) is 54.6 Å². The zero-order valence-electron chi connectivity index (χ0n) is 18.1. The lowest BCUT2D eigenvalue weighted by atomic mass is 9.95. The SMILES string of the molecule is COc1nc2c(C)cc(C)cc2c(-c2ccccc2Cl)c1N(C(N)=O)c1ccc(F)cc1F. The molecule has 1 heterocycles. The van der Waals surface area contributed by atoms with Crippen molar-refractivity contribution in [2.24, 2.45) is 5.73 Å². The van der Waals surface area contributed by atoms with Crippen molar-refractivity contribution < 1.29 is 18.3 Å². The topological polar surface area (TPSA) is 68.4 Å². The van der Waals surface area contributed by atoms with Gasteiger partial charge in [-0.1, -0.05) is 41.4 Å². The average Bonchev–Trinajstić information content (AvgIpc) is 2.75. The van der Waals surface area contributed by atoms with Gasteiger partial charge in [0, 0.05) is 27.6 Å². The highest BCUT2D eigenvalue weighted by molar-refractivity contribution is 6.34. The largest absolute Gasteiger partial charge is 0.479 e. The van der Waals surface area contributed by atoms with Crippen molar-refractivity contribution in [2.45, 2.75) is 13.8 Å². The normalized spacial score (nSPS) is 11.0. The number of urea groups is 1. The molecule has 2 N–H and O–H groups in total. The summed E-state index contributed by atoms with van der Waals surface area (Å²) in [6.07, 6.45) is 0. The fourth-order valence-corrected chi connectivity index (χ4v) is 4.22. The quantitative estimate of drug-likeness (QED) is 0.364. The lowest BCUT2D eigenvalue weighted by molar-refractivity contribution is 0.255. The van der Waals surface area contributed by atoms with E-state index in [1.54, 1.807) is 24.3 Å². The van der Waals surface area contributed by atoms with Crippen LogP contribution in [0.5, 0.6) is 5.88 Å². The van der Waals surface area contributed by atoms with Crippen molar-refractivity contribution in [1.29, 1.82) is 0 Å². The Labute approximate surface area is 194 Å². The highest BCUT2D eigenvalue weighted by Gasteiger charge is 2.30. The average molecular weight is 468 g/mol. The van der Waals surface area contributed by atoms with Crippen LogP contribution in [0.2, 0.25) is 5.02 Å². The number of methoxy groups -OCH3 is 1. The molecule has 2 amide bonds. The third-order valence-corrected chi connectivity index (χ3v) is 5.63. The molecule has 5 nitrogen and oxygen atoms in total. The molecule has 8 heteroatoms. The highest BCUT2D eigenvalue weighted by Crippen LogP contribution is 2.47. The van der Waals surface area contributed by atoms with E-state index in [0.29, 0.717) is 33.1 Å². The second kappa shape index (κ2) is 8.67. The van der Waals surface area contributed by atoms with E-state index in [9.17, 15) is 13.6 Å². The number of amides is 2. The van der Waals surface area contributed by atoms with Gasteiger partial charge in [0.15, 0.2) is 0 Å². The van der Waals surface area contributed by atoms with Crippen LogP contribution in [0.3, 0.4) is 0 Å². The summed E-state index contributed by atoms with van der Waals surface area (Å²) in [5.74, 6) is -1.73. The van der Waals surface area contributed by atoms with E-state index in [4.69, 9.17) is 22.1 Å². The number of nitrogens with two attached hydrogens (primary N) is 1. The van der Waals surface area contributed by atoms with Gasteiger partial charge in [-0.15, -0.1) is 0 Å². The zero-order chi connectivity index (χ0) is 23.9. The van der Waals surface area contributed by atoms with E-state index < -0.39 is 17.7 Å². The Bertz CT molecular complexity index is 1410. The maximum absolute atomic E-state index is 14.9. The van der Waals surface area contributed by atoms with E-state index in [-0.39, 0.29) is 17.3 Å². The standard InChI is InChI=1S/C25H20ClF2N3O2/c1-13-10-14(2)22-17(11-13)21(16-6-4-5-7-18(16)26)23(24(30-22)33-3)31(25(29)32)20-9-8-15(27)12-19(20)28/h4-12H,1-3H3,(H2,29,32). The minimum Gasteiger partial charge on any atom is -0.479 e. The van der Waals surface area contributed by atoms with Crippen LogP contribution in [0, 0.1) is 25.5 Å². The number of aromatic nitrogens is 1. The molecule has 0 saturated carbocycles. The molecule has 4 aromatic rings. The summed E-state index contributed by atoms with van der Waals surface area (Å²) < 4.78 is 34.0. The number of pyridine rings is 1. The number of halogens is 3. The third kappa shape index (κ3) is 3.96. The predicted octanol–water partition coefficient (Wildman–Crippen LogP) is 6.68. The van der Waals surface area contributed by atoms with Crippen LogP contribution in [0.1, 0.15) is 11.1 Å². The molecule has 1 aromatic heterocycles. The van der Waals surface area contributed by atoms with Crippen LogP contribution in [0.4, 0.5) is 25.0 Å². The summed E-state index contributed by atoms with van der Waals surface area (Å²) in [6.45, 7) is 3.83. The van der Waals surface area contributed by atoms with Gasteiger partial charge in [-0.05, 0) is 43.7 Å². The van der Waals surface area contributed by atoms with Crippen molar-refractivity contribution in [1.82, 2.24) is 4.98 Å². The predicted molar refractivity (Wildman–Crippen MR) is 126 cm³/mol. The number of fused-ring (bicyclic) bond motifs is 1. The van der Waals surface area contributed by atoms with E-state index in [1.807, 2.05) is 26.0 Å². The summed E-state index contributed by atoms with van der Waals surface area (Å²) in [6, 6.07) is 12.8. The minimum atomic E-state index is -1.00. The van der Waals surface area contributed by atoms with Crippen molar-refractivity contribution in [2.75, 3.05) is 12.0 Å². The van der Waals surface area contributed by atoms with Crippen LogP contribution in [-0.4, -0.2) is 18.1 Å². The summed E-state index contributed by atoms with van der Waals surface area (Å²) >= 11 is 6.57. The summed E-state index contributed by atoms with van der Waals surface area (Å²) in [5, 5.41) is 1.07. The van der Waals surface area contributed by atoms with Gasteiger partial charge >= 0.3 is 6.03 Å². The number of benzene rings is 3. The maximum Gasteiger partial charge on any atom is 0.324 e. The van der Waals surface area contributed by atoms with E-state index >= 15 is 0 Å². The first-order valence-electron chi connectivity index (χ1n) is 10.0. The molecular formula is C25H20ClF2N3O2. The number of hydrogen-bond donors (Lipinski definition) is 1. The molecule has 33 heavy (non-hydrogen) atoms. The van der Waals surface area contributed by atoms with Gasteiger partial charge in [0.2, 0.25) is 5.88 Å². The molecule has 0 atom stereocenters. The monoisotopic (exact) mass is 467 g/mol. The van der Waals surface area contributed by atoms with Crippen LogP contribution in [-0.2, 0) is 0 Å². The number of aryl methyl sites for hydroxylation is 2. The minimum absolute atomic E-state index is 0.0342. The molecule has 0 spiro atoms. The second-order valence-corrected chi connectivity index (χ2v) is 7.98. The number of carbonyl (C=O) groups excluding carboxylic acids is 1. The molecule has 0 aliphatic carbocycles. The molecule has 3 aromatic carbocycles. The molecule has 168 valence electrons. The van der Waals surface area contributed by atoms with E-state index in [1.165, 1.54) is 7.11 Å². The van der Waals surface area contributed by atoms with E-state index in [2.05, 4.69) is 4.98 Å². The molecule has 0 unspecified atom stereocenters. The number of rotatable bonds is 4. The van der Waals surface area contributed by atoms with Gasteiger partial charge in [0.1, 0.15) is 17.3 Å². The highest BCUT2D eigenvalue weighted by atomic mass is 35.5. The van der Waals surface area contributed by atoms with Gasteiger partial charge in [-0.2, -0.15) is 0 Å². The molecular weight excluding hydrogens is 448 g/mol. The Balaban J connectivity index is 2.22. The number of ether oxygens (including phenoxy) is 1. The lowest BCUT2D eigenvalue weighted by Gasteiger charge is -2.27. The van der Waals surface area contributed by atoms with E-state index in [0.717, 1.165) is 28.2 Å². The van der Waals surface area contributed by atoms with Gasteiger partial charge in [-0.3, -0.25) is 4.90 Å². The summed E-state index contributed by atoms with van der Waals surface area (Å²) in [4.78, 5) is 18.3. The van der Waals surface area contributed by atoms with Crippen LogP contribution in [0.25, 0.3) is 22.0 Å². The first-order chi connectivity index (χ1) is 15.7. The number of primary amides is 1. The first-order valence-corrected chi connectivity index (χ1v) is 10.4. The maximum atomic E-state index is 14.9.